The molecule has 0 saturated carbocycles. The lowest BCUT2D eigenvalue weighted by Gasteiger charge is -2.08. The Morgan fingerprint density at radius 1 is 1.16 bits per heavy atom. The number of anilines is 1. The molecule has 32 heavy (non-hydrogen) atoms. The summed E-state index contributed by atoms with van der Waals surface area (Å²) >= 11 is 0. The topological polar surface area (TPSA) is 157 Å². The number of rotatable bonds is 9. The van der Waals surface area contributed by atoms with Gasteiger partial charge >= 0.3 is 17.8 Å². The van der Waals surface area contributed by atoms with E-state index in [2.05, 4.69) is 25.6 Å². The molecule has 3 N–H and O–H groups in total. The lowest BCUT2D eigenvalue weighted by atomic mass is 10.2. The molecule has 2 heterocycles. The van der Waals surface area contributed by atoms with Crippen LogP contribution in [0.4, 0.5) is 10.6 Å². The molecule has 0 saturated heterocycles. The number of aromatic amines is 1. The molecule has 0 unspecified atom stereocenters. The number of ether oxygens (including phenoxy) is 2. The monoisotopic (exact) mass is 442 g/mol. The van der Waals surface area contributed by atoms with Crippen LogP contribution in [0.2, 0.25) is 0 Å². The van der Waals surface area contributed by atoms with Crippen LogP contribution in [0.1, 0.15) is 18.9 Å². The molecule has 0 radical (unpaired) electrons. The van der Waals surface area contributed by atoms with Crippen LogP contribution in [0.3, 0.4) is 0 Å². The summed E-state index contributed by atoms with van der Waals surface area (Å²) in [5, 5.41) is 5.01. The first-order valence-electron chi connectivity index (χ1n) is 9.81. The van der Waals surface area contributed by atoms with Crippen LogP contribution in [0, 0.1) is 0 Å². The zero-order valence-electron chi connectivity index (χ0n) is 17.3. The molecule has 2 aromatic heterocycles. The molecule has 3 aromatic rings. The third kappa shape index (κ3) is 6.14. The van der Waals surface area contributed by atoms with Gasteiger partial charge in [0, 0.05) is 13.0 Å². The Morgan fingerprint density at radius 2 is 1.94 bits per heavy atom. The third-order valence-corrected chi connectivity index (χ3v) is 4.19. The predicted octanol–water partition coefficient (Wildman–Crippen LogP) is 0.938. The second-order valence-corrected chi connectivity index (χ2v) is 6.55. The van der Waals surface area contributed by atoms with Crippen molar-refractivity contribution in [2.24, 2.45) is 0 Å². The van der Waals surface area contributed by atoms with E-state index < -0.39 is 23.7 Å². The van der Waals surface area contributed by atoms with Crippen molar-refractivity contribution in [3.63, 3.8) is 0 Å². The minimum Gasteiger partial charge on any atom is -0.465 e. The van der Waals surface area contributed by atoms with Gasteiger partial charge in [-0.3, -0.25) is 14.6 Å². The van der Waals surface area contributed by atoms with Crippen molar-refractivity contribution in [2.75, 3.05) is 18.5 Å². The molecule has 168 valence electrons. The number of imidazole rings is 1. The Morgan fingerprint density at radius 3 is 2.69 bits per heavy atom. The van der Waals surface area contributed by atoms with Gasteiger partial charge in [0.1, 0.15) is 24.5 Å². The molecular weight excluding hydrogens is 420 g/mol. The van der Waals surface area contributed by atoms with Gasteiger partial charge in [-0.1, -0.05) is 30.3 Å². The van der Waals surface area contributed by atoms with Gasteiger partial charge in [0.05, 0.1) is 12.9 Å². The summed E-state index contributed by atoms with van der Waals surface area (Å²) in [6.07, 6.45) is 0.594. The zero-order valence-corrected chi connectivity index (χ0v) is 17.3. The van der Waals surface area contributed by atoms with Crippen LogP contribution in [0.25, 0.3) is 11.2 Å². The number of carbonyl (C=O) groups excluding carboxylic acids is 3. The van der Waals surface area contributed by atoms with E-state index >= 15 is 0 Å². The van der Waals surface area contributed by atoms with E-state index in [1.54, 1.807) is 6.92 Å². The summed E-state index contributed by atoms with van der Waals surface area (Å²) in [4.78, 5) is 57.9. The minimum atomic E-state index is -0.721. The van der Waals surface area contributed by atoms with Crippen LogP contribution in [-0.2, 0) is 32.2 Å². The highest BCUT2D eigenvalue weighted by Gasteiger charge is 2.15. The number of hydrogen-bond donors (Lipinski definition) is 3. The molecule has 12 nitrogen and oxygen atoms in total. The number of aromatic nitrogens is 4. The highest BCUT2D eigenvalue weighted by molar-refractivity contribution is 5.97. The maximum atomic E-state index is 12.2. The van der Waals surface area contributed by atoms with Crippen LogP contribution >= 0.6 is 0 Å². The van der Waals surface area contributed by atoms with Crippen LogP contribution in [0.5, 0.6) is 0 Å². The largest absolute Gasteiger partial charge is 0.465 e. The molecular formula is C20H22N6O6. The number of nitrogens with one attached hydrogen (secondary N) is 3. The van der Waals surface area contributed by atoms with Crippen molar-refractivity contribution in [3.05, 3.63) is 52.7 Å². The molecule has 0 atom stereocenters. The maximum Gasteiger partial charge on any atom is 0.407 e. The maximum absolute atomic E-state index is 12.2. The second kappa shape index (κ2) is 10.7. The van der Waals surface area contributed by atoms with E-state index in [0.29, 0.717) is 0 Å². The van der Waals surface area contributed by atoms with Crippen molar-refractivity contribution in [2.45, 2.75) is 26.5 Å². The number of H-pyrrole nitrogens is 1. The smallest absolute Gasteiger partial charge is 0.407 e. The summed E-state index contributed by atoms with van der Waals surface area (Å²) in [5.74, 6) is -0.944. The lowest BCUT2D eigenvalue weighted by molar-refractivity contribution is -0.143. The summed E-state index contributed by atoms with van der Waals surface area (Å²) in [6, 6.07) is 9.18. The highest BCUT2D eigenvalue weighted by atomic mass is 16.5. The predicted molar refractivity (Wildman–Crippen MR) is 113 cm³/mol. The van der Waals surface area contributed by atoms with Gasteiger partial charge in [-0.15, -0.1) is 0 Å². The van der Waals surface area contributed by atoms with Gasteiger partial charge in [0.2, 0.25) is 5.91 Å². The second-order valence-electron chi connectivity index (χ2n) is 6.55. The van der Waals surface area contributed by atoms with Crippen molar-refractivity contribution >= 4 is 35.0 Å². The Bertz CT molecular complexity index is 1160. The first kappa shape index (κ1) is 22.5. The number of nitrogens with zero attached hydrogens (tertiary/aromatic N) is 3. The van der Waals surface area contributed by atoms with Crippen LogP contribution < -0.4 is 16.3 Å². The standard InChI is InChI=1S/C20H22N6O6/c1-2-31-15(28)10-26-12-22-16-17(24-19(29)25-18(16)26)23-14(27)8-9-21-20(30)32-11-13-6-4-3-5-7-13/h3-7,12H,2,8-11H2,1H3,(H,21,30)(H2,23,24,25,27,29). The van der Waals surface area contributed by atoms with Crippen molar-refractivity contribution in [3.8, 4) is 0 Å². The Kier molecular flexibility index (Phi) is 7.51. The number of hydrogen-bond acceptors (Lipinski definition) is 8. The minimum absolute atomic E-state index is 0.0230. The van der Waals surface area contributed by atoms with E-state index in [4.69, 9.17) is 9.47 Å². The van der Waals surface area contributed by atoms with E-state index in [-0.39, 0.29) is 49.7 Å². The number of alkyl carbamates (subject to hydrolysis) is 1. The Balaban J connectivity index is 1.53. The van der Waals surface area contributed by atoms with Crippen molar-refractivity contribution in [1.29, 1.82) is 0 Å². The van der Waals surface area contributed by atoms with Crippen molar-refractivity contribution in [1.82, 2.24) is 24.8 Å². The zero-order chi connectivity index (χ0) is 22.9. The number of benzene rings is 1. The third-order valence-electron chi connectivity index (χ3n) is 4.19. The van der Waals surface area contributed by atoms with Crippen LogP contribution in [-0.4, -0.2) is 50.6 Å². The average molecular weight is 442 g/mol. The molecule has 0 aliphatic carbocycles. The SMILES string of the molecule is CCOC(=O)Cn1cnc2c(NC(=O)CCNC(=O)OCc3ccccc3)[nH]c(=O)nc21. The van der Waals surface area contributed by atoms with E-state index in [1.165, 1.54) is 10.9 Å². The molecule has 3 rings (SSSR count). The fraction of sp³-hybridized carbons (Fsp3) is 0.300. The highest BCUT2D eigenvalue weighted by Crippen LogP contribution is 2.16. The van der Waals surface area contributed by atoms with E-state index in [9.17, 15) is 19.2 Å². The Hall–Kier alpha value is -4.22. The first-order chi connectivity index (χ1) is 15.5. The Labute approximate surface area is 182 Å². The van der Waals surface area contributed by atoms with Gasteiger partial charge in [-0.05, 0) is 12.5 Å². The molecule has 0 spiro atoms. The molecule has 1 aromatic carbocycles. The number of carbonyl (C=O) groups is 3. The fourth-order valence-electron chi connectivity index (χ4n) is 2.77. The van der Waals surface area contributed by atoms with Gasteiger partial charge in [-0.25, -0.2) is 14.6 Å². The summed E-state index contributed by atoms with van der Waals surface area (Å²) in [5.41, 5.74) is 0.451. The van der Waals surface area contributed by atoms with Crippen LogP contribution in [0.15, 0.2) is 41.5 Å². The number of esters is 1. The number of fused-ring (bicyclic) bond motifs is 1. The quantitative estimate of drug-likeness (QED) is 0.413. The van der Waals surface area contributed by atoms with E-state index in [0.717, 1.165) is 5.56 Å². The number of amides is 2. The van der Waals surface area contributed by atoms with Gasteiger partial charge in [0.25, 0.3) is 0 Å². The van der Waals surface area contributed by atoms with Crippen molar-refractivity contribution < 1.29 is 23.9 Å². The van der Waals surface area contributed by atoms with Gasteiger partial charge in [-0.2, -0.15) is 4.98 Å². The van der Waals surface area contributed by atoms with E-state index in [1.807, 2.05) is 30.3 Å². The molecule has 0 fully saturated rings. The molecule has 2 amide bonds. The molecule has 0 bridgehead atoms. The normalized spacial score (nSPS) is 10.5. The van der Waals surface area contributed by atoms with Gasteiger partial charge < -0.3 is 24.7 Å². The molecule has 0 aliphatic heterocycles. The molecule has 12 heteroatoms. The first-order valence-corrected chi connectivity index (χ1v) is 9.81. The fourth-order valence-corrected chi connectivity index (χ4v) is 2.77. The average Bonchev–Trinajstić information content (AvgIpc) is 3.15. The van der Waals surface area contributed by atoms with Gasteiger partial charge in [0.15, 0.2) is 5.65 Å². The summed E-state index contributed by atoms with van der Waals surface area (Å²) in [7, 11) is 0. The summed E-state index contributed by atoms with van der Waals surface area (Å²) in [6.45, 7) is 1.86. The summed E-state index contributed by atoms with van der Waals surface area (Å²) < 4.78 is 11.3. The lowest BCUT2D eigenvalue weighted by Crippen LogP contribution is -2.28. The molecule has 0 aliphatic rings.